The monoisotopic (exact) mass is 403 g/mol. The number of ketones is 1. The largest absolute Gasteiger partial charge is 0.366 e. The fourth-order valence-electron chi connectivity index (χ4n) is 3.27. The zero-order valence-electron chi connectivity index (χ0n) is 15.9. The molecule has 148 valence electrons. The Hall–Kier alpha value is -2.60. The first-order chi connectivity index (χ1) is 13.3. The van der Waals surface area contributed by atoms with Crippen LogP contribution in [-0.4, -0.2) is 42.9 Å². The Labute approximate surface area is 169 Å². The average Bonchev–Trinajstić information content (AvgIpc) is 2.68. The number of nitrogens with one attached hydrogen (secondary N) is 1. The summed E-state index contributed by atoms with van der Waals surface area (Å²) < 4.78 is 14.3. The maximum atomic E-state index is 14.3. The Morgan fingerprint density at radius 2 is 1.82 bits per heavy atom. The van der Waals surface area contributed by atoms with E-state index in [0.717, 1.165) is 5.56 Å². The van der Waals surface area contributed by atoms with E-state index in [1.165, 1.54) is 13.0 Å². The molecule has 0 aromatic heterocycles. The smallest absolute Gasteiger partial charge is 0.317 e. The molecule has 1 unspecified atom stereocenters. The number of carbonyl (C=O) groups excluding carboxylic acids is 2. The Balaban J connectivity index is 1.57. The fourth-order valence-corrected chi connectivity index (χ4v) is 3.47. The van der Waals surface area contributed by atoms with Gasteiger partial charge in [0.1, 0.15) is 5.82 Å². The number of piperazine rings is 1. The van der Waals surface area contributed by atoms with Crippen molar-refractivity contribution in [3.63, 3.8) is 0 Å². The second-order valence-corrected chi connectivity index (χ2v) is 7.36. The van der Waals surface area contributed by atoms with Gasteiger partial charge in [0.25, 0.3) is 0 Å². The number of urea groups is 1. The molecule has 1 N–H and O–H groups in total. The Morgan fingerprint density at radius 1 is 1.11 bits per heavy atom. The lowest BCUT2D eigenvalue weighted by molar-refractivity contribution is 0.101. The van der Waals surface area contributed by atoms with E-state index in [-0.39, 0.29) is 17.9 Å². The first-order valence-corrected chi connectivity index (χ1v) is 9.59. The highest BCUT2D eigenvalue weighted by atomic mass is 35.5. The Kier molecular flexibility index (Phi) is 6.19. The average molecular weight is 404 g/mol. The molecular weight excluding hydrogens is 381 g/mol. The van der Waals surface area contributed by atoms with Gasteiger partial charge in [-0.15, -0.1) is 0 Å². The van der Waals surface area contributed by atoms with E-state index in [1.54, 1.807) is 23.1 Å². The maximum Gasteiger partial charge on any atom is 0.317 e. The molecule has 28 heavy (non-hydrogen) atoms. The van der Waals surface area contributed by atoms with Crippen LogP contribution < -0.4 is 10.2 Å². The van der Waals surface area contributed by atoms with Crippen LogP contribution >= 0.6 is 11.6 Å². The van der Waals surface area contributed by atoms with Gasteiger partial charge in [0.2, 0.25) is 0 Å². The number of Topliss-reactive ketones (excluding diaryl/α,β-unsaturated/α-hetero) is 1. The Morgan fingerprint density at radius 3 is 2.43 bits per heavy atom. The predicted octanol–water partition coefficient (Wildman–Crippen LogP) is 4.27. The molecule has 3 rings (SSSR count). The lowest BCUT2D eigenvalue weighted by atomic mass is 10.1. The number of amides is 2. The van der Waals surface area contributed by atoms with Gasteiger partial charge in [0, 0.05) is 36.8 Å². The zero-order chi connectivity index (χ0) is 20.3. The van der Waals surface area contributed by atoms with Crippen LogP contribution in [0.4, 0.5) is 14.9 Å². The topological polar surface area (TPSA) is 52.7 Å². The summed E-state index contributed by atoms with van der Waals surface area (Å²) in [5.74, 6) is -0.582. The molecule has 0 radical (unpaired) electrons. The number of carbonyl (C=O) groups is 2. The number of hydrogen-bond donors (Lipinski definition) is 1. The van der Waals surface area contributed by atoms with Gasteiger partial charge in [-0.2, -0.15) is 0 Å². The summed E-state index contributed by atoms with van der Waals surface area (Å²) in [5.41, 5.74) is 1.75. The summed E-state index contributed by atoms with van der Waals surface area (Å²) in [4.78, 5) is 27.5. The molecule has 1 atom stereocenters. The van der Waals surface area contributed by atoms with Crippen LogP contribution in [0.3, 0.4) is 0 Å². The number of anilines is 1. The molecule has 5 nitrogen and oxygen atoms in total. The van der Waals surface area contributed by atoms with Gasteiger partial charge >= 0.3 is 6.03 Å². The highest BCUT2D eigenvalue weighted by Crippen LogP contribution is 2.23. The number of rotatable bonds is 4. The second-order valence-electron chi connectivity index (χ2n) is 6.92. The summed E-state index contributed by atoms with van der Waals surface area (Å²) in [5, 5.41) is 3.61. The van der Waals surface area contributed by atoms with Crippen LogP contribution in [0.1, 0.15) is 35.8 Å². The summed E-state index contributed by atoms with van der Waals surface area (Å²) in [6.07, 6.45) is 0. The van der Waals surface area contributed by atoms with Crippen molar-refractivity contribution < 1.29 is 14.0 Å². The minimum Gasteiger partial charge on any atom is -0.366 e. The summed E-state index contributed by atoms with van der Waals surface area (Å²) >= 11 is 6.01. The molecule has 0 spiro atoms. The van der Waals surface area contributed by atoms with Gasteiger partial charge in [-0.05, 0) is 49.7 Å². The van der Waals surface area contributed by atoms with Crippen molar-refractivity contribution in [2.75, 3.05) is 31.1 Å². The zero-order valence-corrected chi connectivity index (χ0v) is 16.7. The summed E-state index contributed by atoms with van der Waals surface area (Å²) in [6, 6.07) is 11.6. The van der Waals surface area contributed by atoms with E-state index in [0.29, 0.717) is 42.5 Å². The second kappa shape index (κ2) is 8.61. The predicted molar refractivity (Wildman–Crippen MR) is 109 cm³/mol. The number of hydrogen-bond acceptors (Lipinski definition) is 3. The molecule has 0 saturated carbocycles. The minimum absolute atomic E-state index is 0.153. The summed E-state index contributed by atoms with van der Waals surface area (Å²) in [7, 11) is 0. The molecule has 0 bridgehead atoms. The van der Waals surface area contributed by atoms with Gasteiger partial charge in [0.05, 0.1) is 11.7 Å². The molecule has 2 aromatic rings. The molecule has 0 aliphatic carbocycles. The molecule has 1 heterocycles. The quantitative estimate of drug-likeness (QED) is 0.775. The van der Waals surface area contributed by atoms with Gasteiger partial charge < -0.3 is 15.1 Å². The van der Waals surface area contributed by atoms with Crippen LogP contribution in [0.5, 0.6) is 0 Å². The van der Waals surface area contributed by atoms with Crippen molar-refractivity contribution in [1.82, 2.24) is 10.2 Å². The van der Waals surface area contributed by atoms with Gasteiger partial charge in [0.15, 0.2) is 5.78 Å². The van der Waals surface area contributed by atoms with Crippen molar-refractivity contribution in [1.29, 1.82) is 0 Å². The highest BCUT2D eigenvalue weighted by molar-refractivity contribution is 6.30. The lowest BCUT2D eigenvalue weighted by Crippen LogP contribution is -2.52. The van der Waals surface area contributed by atoms with Crippen molar-refractivity contribution in [3.05, 3.63) is 64.4 Å². The molecule has 1 aliphatic rings. The van der Waals surface area contributed by atoms with Gasteiger partial charge in [-0.1, -0.05) is 23.7 Å². The standard InChI is InChI=1S/C21H23ClFN3O2/c1-14(16-4-3-5-18(22)12-16)24-21(28)26-10-8-25(9-11-26)20-7-6-17(15(2)27)13-19(20)23/h3-7,12-14H,8-11H2,1-2H3,(H,24,28). The van der Waals surface area contributed by atoms with Gasteiger partial charge in [-0.25, -0.2) is 9.18 Å². The first kappa shape index (κ1) is 20.1. The third kappa shape index (κ3) is 4.62. The Bertz CT molecular complexity index is 882. The minimum atomic E-state index is -0.416. The normalized spacial score (nSPS) is 15.3. The van der Waals surface area contributed by atoms with E-state index >= 15 is 0 Å². The lowest BCUT2D eigenvalue weighted by Gasteiger charge is -2.36. The maximum absolute atomic E-state index is 14.3. The van der Waals surface area contributed by atoms with E-state index < -0.39 is 5.82 Å². The first-order valence-electron chi connectivity index (χ1n) is 9.21. The highest BCUT2D eigenvalue weighted by Gasteiger charge is 2.24. The number of benzene rings is 2. The van der Waals surface area contributed by atoms with Crippen molar-refractivity contribution >= 4 is 29.1 Å². The van der Waals surface area contributed by atoms with Crippen LogP contribution in [-0.2, 0) is 0 Å². The van der Waals surface area contributed by atoms with Crippen LogP contribution in [0.15, 0.2) is 42.5 Å². The number of nitrogens with zero attached hydrogens (tertiary/aromatic N) is 2. The molecule has 1 fully saturated rings. The van der Waals surface area contributed by atoms with Gasteiger partial charge in [-0.3, -0.25) is 4.79 Å². The molecule has 1 saturated heterocycles. The van der Waals surface area contributed by atoms with Crippen LogP contribution in [0.25, 0.3) is 0 Å². The molecular formula is C21H23ClFN3O2. The molecule has 7 heteroatoms. The van der Waals surface area contributed by atoms with E-state index in [2.05, 4.69) is 5.32 Å². The van der Waals surface area contributed by atoms with Crippen molar-refractivity contribution in [3.8, 4) is 0 Å². The van der Waals surface area contributed by atoms with Crippen molar-refractivity contribution in [2.24, 2.45) is 0 Å². The number of halogens is 2. The fraction of sp³-hybridized carbons (Fsp3) is 0.333. The van der Waals surface area contributed by atoms with E-state index in [9.17, 15) is 14.0 Å². The molecule has 1 aliphatic heterocycles. The SMILES string of the molecule is CC(=O)c1ccc(N2CCN(C(=O)NC(C)c3cccc(Cl)c3)CC2)c(F)c1. The van der Waals surface area contributed by atoms with Crippen LogP contribution in [0.2, 0.25) is 5.02 Å². The van der Waals surface area contributed by atoms with E-state index in [1.807, 2.05) is 30.0 Å². The summed E-state index contributed by atoms with van der Waals surface area (Å²) in [6.45, 7) is 5.34. The molecule has 2 amide bonds. The third-order valence-electron chi connectivity index (χ3n) is 4.95. The van der Waals surface area contributed by atoms with E-state index in [4.69, 9.17) is 11.6 Å². The molecule has 2 aromatic carbocycles. The van der Waals surface area contributed by atoms with Crippen LogP contribution in [0, 0.1) is 5.82 Å². The third-order valence-corrected chi connectivity index (χ3v) is 5.19. The van der Waals surface area contributed by atoms with Crippen molar-refractivity contribution in [2.45, 2.75) is 19.9 Å².